The number of fused-ring (bicyclic) bond motifs is 1. The van der Waals surface area contributed by atoms with Gasteiger partial charge in [0.15, 0.2) is 5.82 Å². The highest BCUT2D eigenvalue weighted by molar-refractivity contribution is 5.93. The minimum absolute atomic E-state index is 0.0651. The maximum atomic E-state index is 12.4. The monoisotopic (exact) mass is 400 g/mol. The van der Waals surface area contributed by atoms with Crippen molar-refractivity contribution in [1.82, 2.24) is 24.6 Å². The zero-order valence-corrected chi connectivity index (χ0v) is 17.5. The van der Waals surface area contributed by atoms with Gasteiger partial charge in [0, 0.05) is 22.8 Å². The summed E-state index contributed by atoms with van der Waals surface area (Å²) in [4.78, 5) is 23.3. The fourth-order valence-electron chi connectivity index (χ4n) is 3.33. The van der Waals surface area contributed by atoms with Crippen LogP contribution in [-0.4, -0.2) is 51.2 Å². The van der Waals surface area contributed by atoms with Crippen molar-refractivity contribution in [3.05, 3.63) is 66.0 Å². The minimum atomic E-state index is -0.0651. The molecule has 0 spiro atoms. The molecule has 2 heterocycles. The molecule has 4 aromatic rings. The Labute approximate surface area is 175 Å². The second kappa shape index (κ2) is 8.04. The first kappa shape index (κ1) is 19.7. The molecule has 0 aliphatic heterocycles. The molecule has 0 saturated heterocycles. The zero-order chi connectivity index (χ0) is 21.3. The Kier molecular flexibility index (Phi) is 5.29. The van der Waals surface area contributed by atoms with E-state index in [0.29, 0.717) is 18.2 Å². The molecule has 4 rings (SSSR count). The topological polar surface area (TPSA) is 75.9 Å². The van der Waals surface area contributed by atoms with Crippen LogP contribution in [0, 0.1) is 13.8 Å². The molecule has 0 unspecified atom stereocenters. The summed E-state index contributed by atoms with van der Waals surface area (Å²) in [5, 5.41) is 8.47. The van der Waals surface area contributed by atoms with Crippen LogP contribution in [0.5, 0.6) is 0 Å². The second-order valence-corrected chi connectivity index (χ2v) is 7.67. The van der Waals surface area contributed by atoms with Gasteiger partial charge in [0.05, 0.1) is 18.3 Å². The van der Waals surface area contributed by atoms with E-state index in [1.807, 2.05) is 43.3 Å². The smallest absolute Gasteiger partial charge is 0.261 e. The molecule has 2 aromatic carbocycles. The largest absolute Gasteiger partial charge is 0.340 e. The van der Waals surface area contributed by atoms with Crippen LogP contribution < -0.4 is 5.32 Å². The molecule has 0 aliphatic carbocycles. The lowest BCUT2D eigenvalue weighted by Crippen LogP contribution is -2.26. The maximum absolute atomic E-state index is 12.4. The van der Waals surface area contributed by atoms with E-state index in [4.69, 9.17) is 0 Å². The Hall–Kier alpha value is -3.58. The van der Waals surface area contributed by atoms with E-state index in [1.54, 1.807) is 12.4 Å². The number of benzene rings is 2. The van der Waals surface area contributed by atoms with E-state index in [0.717, 1.165) is 27.7 Å². The predicted molar refractivity (Wildman–Crippen MR) is 119 cm³/mol. The maximum Gasteiger partial charge on any atom is 0.261 e. The Morgan fingerprint density at radius 1 is 1.10 bits per heavy atom. The minimum Gasteiger partial charge on any atom is -0.340 e. The van der Waals surface area contributed by atoms with Crippen LogP contribution in [0.2, 0.25) is 0 Å². The number of nitrogens with zero attached hydrogens (tertiary/aromatic N) is 5. The van der Waals surface area contributed by atoms with Gasteiger partial charge in [-0.3, -0.25) is 4.79 Å². The Balaban J connectivity index is 1.60. The number of aromatic nitrogens is 4. The fraction of sp³-hybridized carbons (Fsp3) is 0.217. The standard InChI is InChI=1S/C23H24N6O/c1-15-5-6-16(2)19(11-15)23-24-10-9-21(27-23)26-18-7-8-20-17(12-18)13-25-29(20)22(30)14-28(3)4/h5-13H,14H2,1-4H3,(H,24,26,27). The normalized spacial score (nSPS) is 11.2. The van der Waals surface area contributed by atoms with Crippen molar-refractivity contribution >= 4 is 28.3 Å². The van der Waals surface area contributed by atoms with Crippen LogP contribution in [0.15, 0.2) is 54.9 Å². The van der Waals surface area contributed by atoms with Gasteiger partial charge in [0.25, 0.3) is 5.91 Å². The molecule has 0 bridgehead atoms. The summed E-state index contributed by atoms with van der Waals surface area (Å²) in [6, 6.07) is 13.9. The van der Waals surface area contributed by atoms with Crippen molar-refractivity contribution in [2.24, 2.45) is 0 Å². The Bertz CT molecular complexity index is 1230. The van der Waals surface area contributed by atoms with Gasteiger partial charge < -0.3 is 10.2 Å². The number of anilines is 2. The summed E-state index contributed by atoms with van der Waals surface area (Å²) in [5.74, 6) is 1.32. The molecule has 0 atom stereocenters. The molecule has 0 fully saturated rings. The quantitative estimate of drug-likeness (QED) is 0.545. The lowest BCUT2D eigenvalue weighted by Gasteiger charge is -2.10. The molecule has 0 aliphatic rings. The van der Waals surface area contributed by atoms with E-state index in [2.05, 4.69) is 52.4 Å². The highest BCUT2D eigenvalue weighted by Crippen LogP contribution is 2.25. The molecule has 7 nitrogen and oxygen atoms in total. The summed E-state index contributed by atoms with van der Waals surface area (Å²) < 4.78 is 1.45. The first-order valence-electron chi connectivity index (χ1n) is 9.74. The van der Waals surface area contributed by atoms with Crippen molar-refractivity contribution in [2.45, 2.75) is 13.8 Å². The highest BCUT2D eigenvalue weighted by atomic mass is 16.2. The second-order valence-electron chi connectivity index (χ2n) is 7.67. The number of carbonyl (C=O) groups excluding carboxylic acids is 1. The van der Waals surface area contributed by atoms with E-state index in [9.17, 15) is 4.79 Å². The van der Waals surface area contributed by atoms with E-state index < -0.39 is 0 Å². The summed E-state index contributed by atoms with van der Waals surface area (Å²) >= 11 is 0. The van der Waals surface area contributed by atoms with Gasteiger partial charge in [-0.15, -0.1) is 0 Å². The third-order valence-corrected chi connectivity index (χ3v) is 4.82. The van der Waals surface area contributed by atoms with Gasteiger partial charge in [0.1, 0.15) is 5.82 Å². The summed E-state index contributed by atoms with van der Waals surface area (Å²) in [6.45, 7) is 4.42. The Morgan fingerprint density at radius 3 is 2.73 bits per heavy atom. The molecule has 0 saturated carbocycles. The molecule has 0 amide bonds. The van der Waals surface area contributed by atoms with Gasteiger partial charge in [-0.05, 0) is 63.8 Å². The highest BCUT2D eigenvalue weighted by Gasteiger charge is 2.12. The van der Waals surface area contributed by atoms with E-state index in [-0.39, 0.29) is 5.91 Å². The van der Waals surface area contributed by atoms with Gasteiger partial charge >= 0.3 is 0 Å². The third-order valence-electron chi connectivity index (χ3n) is 4.82. The summed E-state index contributed by atoms with van der Waals surface area (Å²) in [6.07, 6.45) is 3.46. The molecule has 152 valence electrons. The van der Waals surface area contributed by atoms with Gasteiger partial charge in [-0.1, -0.05) is 17.7 Å². The molecular weight excluding hydrogens is 376 g/mol. The average Bonchev–Trinajstić information content (AvgIpc) is 3.13. The van der Waals surface area contributed by atoms with Crippen molar-refractivity contribution in [3.8, 4) is 11.4 Å². The number of carbonyl (C=O) groups is 1. The van der Waals surface area contributed by atoms with Crippen LogP contribution in [0.25, 0.3) is 22.3 Å². The molecule has 2 aromatic heterocycles. The van der Waals surface area contributed by atoms with Crippen LogP contribution >= 0.6 is 0 Å². The average molecular weight is 400 g/mol. The van der Waals surface area contributed by atoms with Crippen LogP contribution in [0.3, 0.4) is 0 Å². The lowest BCUT2D eigenvalue weighted by atomic mass is 10.1. The number of rotatable bonds is 5. The van der Waals surface area contributed by atoms with Gasteiger partial charge in [-0.2, -0.15) is 9.78 Å². The molecular formula is C23H24N6O. The van der Waals surface area contributed by atoms with Gasteiger partial charge in [0.2, 0.25) is 0 Å². The van der Waals surface area contributed by atoms with Crippen LogP contribution in [-0.2, 0) is 0 Å². The number of hydrogen-bond donors (Lipinski definition) is 1. The number of aryl methyl sites for hydroxylation is 2. The van der Waals surface area contributed by atoms with Crippen molar-refractivity contribution in [2.75, 3.05) is 26.0 Å². The fourth-order valence-corrected chi connectivity index (χ4v) is 3.33. The van der Waals surface area contributed by atoms with Crippen molar-refractivity contribution < 1.29 is 4.79 Å². The van der Waals surface area contributed by atoms with Crippen molar-refractivity contribution in [3.63, 3.8) is 0 Å². The summed E-state index contributed by atoms with van der Waals surface area (Å²) in [7, 11) is 3.72. The lowest BCUT2D eigenvalue weighted by molar-refractivity contribution is 0.0866. The number of nitrogens with one attached hydrogen (secondary N) is 1. The first-order valence-corrected chi connectivity index (χ1v) is 9.74. The SMILES string of the molecule is Cc1ccc(C)c(-c2nccc(Nc3ccc4c(cnn4C(=O)CN(C)C)c3)n2)c1. The third kappa shape index (κ3) is 4.06. The molecule has 7 heteroatoms. The number of likely N-dealkylation sites (N-methyl/N-ethyl adjacent to an activating group) is 1. The van der Waals surface area contributed by atoms with E-state index in [1.165, 1.54) is 10.2 Å². The Morgan fingerprint density at radius 2 is 1.93 bits per heavy atom. The summed E-state index contributed by atoms with van der Waals surface area (Å²) in [5.41, 5.74) is 4.98. The predicted octanol–water partition coefficient (Wildman–Crippen LogP) is 4.06. The van der Waals surface area contributed by atoms with E-state index >= 15 is 0 Å². The van der Waals surface area contributed by atoms with Crippen LogP contribution in [0.4, 0.5) is 11.5 Å². The molecule has 0 radical (unpaired) electrons. The zero-order valence-electron chi connectivity index (χ0n) is 17.5. The van der Waals surface area contributed by atoms with Crippen LogP contribution in [0.1, 0.15) is 15.9 Å². The number of hydrogen-bond acceptors (Lipinski definition) is 6. The van der Waals surface area contributed by atoms with Crippen molar-refractivity contribution in [1.29, 1.82) is 0 Å². The molecule has 30 heavy (non-hydrogen) atoms. The van der Waals surface area contributed by atoms with Gasteiger partial charge in [-0.25, -0.2) is 9.97 Å². The molecule has 1 N–H and O–H groups in total. The first-order chi connectivity index (χ1) is 14.4.